The molecule has 11 heteroatoms. The Balaban J connectivity index is 2.14. The van der Waals surface area contributed by atoms with Gasteiger partial charge in [-0.25, -0.2) is 4.79 Å². The van der Waals surface area contributed by atoms with Crippen molar-refractivity contribution in [2.45, 2.75) is 0 Å². The van der Waals surface area contributed by atoms with Crippen molar-refractivity contribution in [2.24, 2.45) is 0 Å². The van der Waals surface area contributed by atoms with E-state index in [4.69, 9.17) is 0 Å². The van der Waals surface area contributed by atoms with Crippen LogP contribution in [-0.4, -0.2) is 15.9 Å². The number of amides is 2. The van der Waals surface area contributed by atoms with Gasteiger partial charge in [-0.2, -0.15) is 8.78 Å². The molecule has 0 bridgehead atoms. The van der Waals surface area contributed by atoms with Gasteiger partial charge in [0.25, 0.3) is 0 Å². The first-order valence-corrected chi connectivity index (χ1v) is 6.24. The molecular weight excluding hydrogens is 330 g/mol. The van der Waals surface area contributed by atoms with Gasteiger partial charge < -0.3 is 10.6 Å². The fourth-order valence-corrected chi connectivity index (χ4v) is 1.75. The number of benzene rings is 2. The third kappa shape index (κ3) is 3.76. The molecule has 0 unspecified atom stereocenters. The summed E-state index contributed by atoms with van der Waals surface area (Å²) in [5.74, 6) is -2.14. The number of rotatable bonds is 4. The molecule has 0 heterocycles. The predicted octanol–water partition coefficient (Wildman–Crippen LogP) is 3.43. The summed E-state index contributed by atoms with van der Waals surface area (Å²) < 4.78 is 26.4. The van der Waals surface area contributed by atoms with Crippen molar-refractivity contribution < 1.29 is 23.4 Å². The van der Waals surface area contributed by atoms with Crippen molar-refractivity contribution in [3.05, 3.63) is 68.3 Å². The molecule has 9 nitrogen and oxygen atoms in total. The van der Waals surface area contributed by atoms with Crippen molar-refractivity contribution in [2.75, 3.05) is 10.6 Å². The third-order valence-corrected chi connectivity index (χ3v) is 2.80. The highest BCUT2D eigenvalue weighted by atomic mass is 19.1. The zero-order valence-corrected chi connectivity index (χ0v) is 11.7. The first kappa shape index (κ1) is 16.7. The topological polar surface area (TPSA) is 127 Å². The molecule has 124 valence electrons. The van der Waals surface area contributed by atoms with Crippen LogP contribution in [0.2, 0.25) is 0 Å². The van der Waals surface area contributed by atoms with Gasteiger partial charge in [0.05, 0.1) is 9.85 Å². The van der Waals surface area contributed by atoms with Crippen LogP contribution in [0, 0.1) is 31.9 Å². The minimum atomic E-state index is -1.07. The second-order valence-electron chi connectivity index (χ2n) is 4.43. The summed E-state index contributed by atoms with van der Waals surface area (Å²) in [5.41, 5.74) is -1.80. The van der Waals surface area contributed by atoms with E-state index in [9.17, 15) is 33.8 Å². The number of halogens is 2. The summed E-state index contributed by atoms with van der Waals surface area (Å²) in [4.78, 5) is 31.1. The number of nitrogens with zero attached hydrogens (tertiary/aromatic N) is 2. The largest absolute Gasteiger partial charge is 0.323 e. The van der Waals surface area contributed by atoms with Gasteiger partial charge in [0.15, 0.2) is 0 Å². The Morgan fingerprint density at radius 3 is 1.54 bits per heavy atom. The minimum Gasteiger partial charge on any atom is -0.307 e. The lowest BCUT2D eigenvalue weighted by Gasteiger charge is -2.08. The molecule has 2 rings (SSSR count). The Morgan fingerprint density at radius 1 is 0.833 bits per heavy atom. The van der Waals surface area contributed by atoms with Gasteiger partial charge in [-0.1, -0.05) is 0 Å². The number of anilines is 2. The summed E-state index contributed by atoms with van der Waals surface area (Å²) in [7, 11) is 0. The van der Waals surface area contributed by atoms with E-state index in [0.29, 0.717) is 0 Å². The summed E-state index contributed by atoms with van der Waals surface area (Å²) >= 11 is 0. The maximum atomic E-state index is 13.2. The highest BCUT2D eigenvalue weighted by Gasteiger charge is 2.17. The Bertz CT molecular complexity index is 776. The van der Waals surface area contributed by atoms with Crippen LogP contribution in [0.25, 0.3) is 0 Å². The van der Waals surface area contributed by atoms with Gasteiger partial charge in [-0.15, -0.1) is 0 Å². The van der Waals surface area contributed by atoms with Crippen molar-refractivity contribution >= 4 is 28.8 Å². The molecule has 2 aromatic rings. The molecule has 0 saturated heterocycles. The van der Waals surface area contributed by atoms with Crippen molar-refractivity contribution in [3.8, 4) is 0 Å². The molecule has 2 N–H and O–H groups in total. The van der Waals surface area contributed by atoms with Gasteiger partial charge in [-0.3, -0.25) is 20.2 Å². The smallest absolute Gasteiger partial charge is 0.307 e. The first-order valence-electron chi connectivity index (χ1n) is 6.24. The molecule has 0 saturated carbocycles. The molecule has 2 amide bonds. The zero-order valence-electron chi connectivity index (χ0n) is 11.7. The summed E-state index contributed by atoms with van der Waals surface area (Å²) in [6.45, 7) is 0. The highest BCUT2D eigenvalue weighted by molar-refractivity contribution is 6.00. The number of nitrogens with one attached hydrogen (secondary N) is 2. The van der Waals surface area contributed by atoms with Gasteiger partial charge in [0, 0.05) is 23.5 Å². The maximum absolute atomic E-state index is 13.2. The number of nitro groups is 2. The number of carbonyl (C=O) groups is 1. The van der Waals surface area contributed by atoms with E-state index in [-0.39, 0.29) is 11.4 Å². The van der Waals surface area contributed by atoms with Crippen LogP contribution in [0.3, 0.4) is 0 Å². The number of urea groups is 1. The summed E-state index contributed by atoms with van der Waals surface area (Å²) in [5, 5.41) is 25.6. The SMILES string of the molecule is O=C(Nc1ccc(F)c([N+](=O)[O-])c1)Nc1ccc(F)c([N+](=O)[O-])c1. The van der Waals surface area contributed by atoms with E-state index in [2.05, 4.69) is 10.6 Å². The van der Waals surface area contributed by atoms with E-state index >= 15 is 0 Å². The van der Waals surface area contributed by atoms with Gasteiger partial charge in [0.2, 0.25) is 11.6 Å². The maximum Gasteiger partial charge on any atom is 0.323 e. The Morgan fingerprint density at radius 2 is 1.21 bits per heavy atom. The summed E-state index contributed by atoms with van der Waals surface area (Å²) in [6.07, 6.45) is 0. The van der Waals surface area contributed by atoms with Crippen molar-refractivity contribution in [3.63, 3.8) is 0 Å². The van der Waals surface area contributed by atoms with E-state index in [0.717, 1.165) is 36.4 Å². The number of nitro benzene ring substituents is 2. The van der Waals surface area contributed by atoms with E-state index in [1.54, 1.807) is 0 Å². The molecule has 24 heavy (non-hydrogen) atoms. The molecule has 0 aromatic heterocycles. The van der Waals surface area contributed by atoms with Crippen LogP contribution in [-0.2, 0) is 0 Å². The normalized spacial score (nSPS) is 10.1. The molecule has 0 radical (unpaired) electrons. The molecule has 0 spiro atoms. The lowest BCUT2D eigenvalue weighted by atomic mass is 10.2. The van der Waals surface area contributed by atoms with Gasteiger partial charge in [0.1, 0.15) is 0 Å². The lowest BCUT2D eigenvalue weighted by molar-refractivity contribution is -0.387. The number of carbonyl (C=O) groups excluding carboxylic acids is 1. The number of hydrogen-bond acceptors (Lipinski definition) is 5. The summed E-state index contributed by atoms with van der Waals surface area (Å²) in [6, 6.07) is 4.50. The van der Waals surface area contributed by atoms with Crippen LogP contribution >= 0.6 is 0 Å². The molecule has 0 atom stereocenters. The fourth-order valence-electron chi connectivity index (χ4n) is 1.75. The second-order valence-corrected chi connectivity index (χ2v) is 4.43. The molecule has 0 aliphatic carbocycles. The Hall–Kier alpha value is -3.63. The fraction of sp³-hybridized carbons (Fsp3) is 0. The molecule has 0 aliphatic rings. The monoisotopic (exact) mass is 338 g/mol. The van der Waals surface area contributed by atoms with Crippen LogP contribution in [0.4, 0.5) is 36.3 Å². The average Bonchev–Trinajstić information content (AvgIpc) is 2.50. The van der Waals surface area contributed by atoms with E-state index in [1.807, 2.05) is 0 Å². The van der Waals surface area contributed by atoms with Crippen molar-refractivity contribution in [1.29, 1.82) is 0 Å². The molecule has 0 aliphatic heterocycles. The van der Waals surface area contributed by atoms with E-state index in [1.165, 1.54) is 0 Å². The first-order chi connectivity index (χ1) is 11.3. The van der Waals surface area contributed by atoms with E-state index < -0.39 is 38.9 Å². The quantitative estimate of drug-likeness (QED) is 0.652. The highest BCUT2D eigenvalue weighted by Crippen LogP contribution is 2.23. The van der Waals surface area contributed by atoms with Crippen LogP contribution in [0.1, 0.15) is 0 Å². The zero-order chi connectivity index (χ0) is 17.9. The van der Waals surface area contributed by atoms with Crippen LogP contribution in [0.5, 0.6) is 0 Å². The van der Waals surface area contributed by atoms with Gasteiger partial charge >= 0.3 is 17.4 Å². The van der Waals surface area contributed by atoms with Crippen LogP contribution in [0.15, 0.2) is 36.4 Å². The molecule has 0 fully saturated rings. The average molecular weight is 338 g/mol. The van der Waals surface area contributed by atoms with Crippen molar-refractivity contribution in [1.82, 2.24) is 0 Å². The predicted molar refractivity (Wildman–Crippen MR) is 78.8 cm³/mol. The second kappa shape index (κ2) is 6.64. The Labute approximate surface area is 132 Å². The molecular formula is C13H8F2N4O5. The standard InChI is InChI=1S/C13H8F2N4O5/c14-9-3-1-7(5-11(9)18(21)22)16-13(20)17-8-2-4-10(15)12(6-8)19(23)24/h1-6H,(H2,16,17,20). The Kier molecular flexibility index (Phi) is 4.63. The van der Waals surface area contributed by atoms with Gasteiger partial charge in [-0.05, 0) is 24.3 Å². The third-order valence-electron chi connectivity index (χ3n) is 2.80. The van der Waals surface area contributed by atoms with Crippen LogP contribution < -0.4 is 10.6 Å². The number of hydrogen-bond donors (Lipinski definition) is 2. The molecule has 2 aromatic carbocycles. The minimum absolute atomic E-state index is 0.0720. The lowest BCUT2D eigenvalue weighted by Crippen LogP contribution is -2.19.